The van der Waals surface area contributed by atoms with Gasteiger partial charge in [0.05, 0.1) is 12.3 Å². The summed E-state index contributed by atoms with van der Waals surface area (Å²) >= 11 is 0. The molecule has 0 amide bonds. The third-order valence-corrected chi connectivity index (χ3v) is 3.39. The molecule has 21 heavy (non-hydrogen) atoms. The molecule has 1 aromatic carbocycles. The molecule has 0 fully saturated rings. The zero-order valence-electron chi connectivity index (χ0n) is 12.5. The van der Waals surface area contributed by atoms with Crippen molar-refractivity contribution in [3.05, 3.63) is 35.8 Å². The fraction of sp³-hybridized carbons (Fsp3) is 0.375. The van der Waals surface area contributed by atoms with Gasteiger partial charge in [0.25, 0.3) is 0 Å². The standard InChI is InChI=1S/C16H19FN2O2/c1-4-19(5-2)15-11-8-7-9-13(17)14(11)18-10-12(15)16(20)21-6-3/h7-10H,4-6H2,1-3H3. The van der Waals surface area contributed by atoms with Crippen molar-refractivity contribution in [2.45, 2.75) is 20.8 Å². The van der Waals surface area contributed by atoms with Gasteiger partial charge in [0, 0.05) is 24.7 Å². The van der Waals surface area contributed by atoms with Gasteiger partial charge in [0.2, 0.25) is 0 Å². The zero-order chi connectivity index (χ0) is 15.4. The average molecular weight is 290 g/mol. The van der Waals surface area contributed by atoms with Gasteiger partial charge < -0.3 is 9.64 Å². The molecule has 0 spiro atoms. The highest BCUT2D eigenvalue weighted by atomic mass is 19.1. The Hall–Kier alpha value is -2.17. The first-order valence-electron chi connectivity index (χ1n) is 7.13. The Kier molecular flexibility index (Phi) is 4.73. The van der Waals surface area contributed by atoms with Crippen molar-refractivity contribution in [1.82, 2.24) is 4.98 Å². The largest absolute Gasteiger partial charge is 0.462 e. The number of halogens is 1. The van der Waals surface area contributed by atoms with E-state index in [2.05, 4.69) is 4.98 Å². The SMILES string of the molecule is CCOC(=O)c1cnc2c(F)cccc2c1N(CC)CC. The Balaban J connectivity index is 2.74. The van der Waals surface area contributed by atoms with Crippen LogP contribution in [0.5, 0.6) is 0 Å². The topological polar surface area (TPSA) is 42.4 Å². The zero-order valence-corrected chi connectivity index (χ0v) is 12.5. The molecule has 0 saturated carbocycles. The van der Waals surface area contributed by atoms with Crippen molar-refractivity contribution in [2.75, 3.05) is 24.6 Å². The molecule has 2 rings (SSSR count). The summed E-state index contributed by atoms with van der Waals surface area (Å²) in [5.74, 6) is -0.825. The number of esters is 1. The predicted octanol–water partition coefficient (Wildman–Crippen LogP) is 3.40. The number of carbonyl (C=O) groups excluding carboxylic acids is 1. The summed E-state index contributed by atoms with van der Waals surface area (Å²) in [7, 11) is 0. The maximum atomic E-state index is 13.9. The maximum Gasteiger partial charge on any atom is 0.341 e. The van der Waals surface area contributed by atoms with Crippen molar-refractivity contribution >= 4 is 22.6 Å². The van der Waals surface area contributed by atoms with E-state index in [0.29, 0.717) is 29.7 Å². The molecule has 0 unspecified atom stereocenters. The minimum Gasteiger partial charge on any atom is -0.462 e. The number of nitrogens with zero attached hydrogens (tertiary/aromatic N) is 2. The van der Waals surface area contributed by atoms with Crippen LogP contribution in [0.15, 0.2) is 24.4 Å². The minimum atomic E-state index is -0.432. The quantitative estimate of drug-likeness (QED) is 0.792. The number of rotatable bonds is 5. The number of fused-ring (bicyclic) bond motifs is 1. The molecule has 0 atom stereocenters. The van der Waals surface area contributed by atoms with Crippen LogP contribution in [0, 0.1) is 5.82 Å². The Bertz CT molecular complexity index is 654. The van der Waals surface area contributed by atoms with Crippen LogP contribution in [-0.4, -0.2) is 30.6 Å². The van der Waals surface area contributed by atoms with Gasteiger partial charge in [-0.15, -0.1) is 0 Å². The van der Waals surface area contributed by atoms with E-state index < -0.39 is 11.8 Å². The summed E-state index contributed by atoms with van der Waals surface area (Å²) in [6.45, 7) is 7.44. The Labute approximate surface area is 123 Å². The minimum absolute atomic E-state index is 0.271. The van der Waals surface area contributed by atoms with Gasteiger partial charge in [-0.3, -0.25) is 4.98 Å². The summed E-state index contributed by atoms with van der Waals surface area (Å²) in [6, 6.07) is 4.77. The van der Waals surface area contributed by atoms with Gasteiger partial charge in [0.1, 0.15) is 16.9 Å². The molecule has 0 N–H and O–H groups in total. The normalized spacial score (nSPS) is 10.7. The molecule has 1 heterocycles. The van der Waals surface area contributed by atoms with Gasteiger partial charge in [-0.1, -0.05) is 12.1 Å². The number of hydrogen-bond donors (Lipinski definition) is 0. The molecule has 0 aliphatic rings. The molecular formula is C16H19FN2O2. The molecule has 0 radical (unpaired) electrons. The van der Waals surface area contributed by atoms with Crippen molar-refractivity contribution in [3.63, 3.8) is 0 Å². The molecule has 0 aliphatic heterocycles. The van der Waals surface area contributed by atoms with E-state index in [-0.39, 0.29) is 12.1 Å². The lowest BCUT2D eigenvalue weighted by Crippen LogP contribution is -2.25. The summed E-state index contributed by atoms with van der Waals surface area (Å²) < 4.78 is 19.0. The van der Waals surface area contributed by atoms with E-state index in [1.54, 1.807) is 19.1 Å². The highest BCUT2D eigenvalue weighted by Crippen LogP contribution is 2.31. The third-order valence-electron chi connectivity index (χ3n) is 3.39. The maximum absolute atomic E-state index is 13.9. The highest BCUT2D eigenvalue weighted by Gasteiger charge is 2.21. The Morgan fingerprint density at radius 2 is 2.00 bits per heavy atom. The first kappa shape index (κ1) is 15.2. The monoisotopic (exact) mass is 290 g/mol. The smallest absolute Gasteiger partial charge is 0.341 e. The van der Waals surface area contributed by atoms with E-state index >= 15 is 0 Å². The molecule has 2 aromatic rings. The van der Waals surface area contributed by atoms with Gasteiger partial charge >= 0.3 is 5.97 Å². The summed E-state index contributed by atoms with van der Waals surface area (Å²) in [6.07, 6.45) is 1.40. The first-order chi connectivity index (χ1) is 10.1. The molecule has 1 aromatic heterocycles. The van der Waals surface area contributed by atoms with E-state index in [4.69, 9.17) is 4.74 Å². The van der Waals surface area contributed by atoms with E-state index in [0.717, 1.165) is 0 Å². The van der Waals surface area contributed by atoms with Crippen molar-refractivity contribution in [3.8, 4) is 0 Å². The molecule has 5 heteroatoms. The second-order valence-electron chi connectivity index (χ2n) is 4.55. The molecule has 112 valence electrons. The van der Waals surface area contributed by atoms with Gasteiger partial charge in [-0.05, 0) is 26.8 Å². The number of para-hydroxylation sites is 1. The summed E-state index contributed by atoms with van der Waals surface area (Å²) in [5, 5.41) is 0.629. The van der Waals surface area contributed by atoms with Gasteiger partial charge in [-0.25, -0.2) is 9.18 Å². The number of pyridine rings is 1. The van der Waals surface area contributed by atoms with Crippen molar-refractivity contribution in [2.24, 2.45) is 0 Å². The van der Waals surface area contributed by atoms with Crippen LogP contribution in [0.3, 0.4) is 0 Å². The molecule has 0 saturated heterocycles. The summed E-state index contributed by atoms with van der Waals surface area (Å²) in [5.41, 5.74) is 1.33. The van der Waals surface area contributed by atoms with Crippen LogP contribution in [0.4, 0.5) is 10.1 Å². The van der Waals surface area contributed by atoms with Crippen molar-refractivity contribution in [1.29, 1.82) is 0 Å². The molecular weight excluding hydrogens is 271 g/mol. The third kappa shape index (κ3) is 2.82. The Morgan fingerprint density at radius 3 is 2.62 bits per heavy atom. The lowest BCUT2D eigenvalue weighted by Gasteiger charge is -2.25. The van der Waals surface area contributed by atoms with E-state index in [1.807, 2.05) is 18.7 Å². The lowest BCUT2D eigenvalue weighted by atomic mass is 10.1. The Morgan fingerprint density at radius 1 is 1.29 bits per heavy atom. The molecule has 0 aliphatic carbocycles. The van der Waals surface area contributed by atoms with Gasteiger partial charge in [-0.2, -0.15) is 0 Å². The van der Waals surface area contributed by atoms with Crippen LogP contribution >= 0.6 is 0 Å². The number of hydrogen-bond acceptors (Lipinski definition) is 4. The first-order valence-corrected chi connectivity index (χ1v) is 7.13. The van der Waals surface area contributed by atoms with Crippen LogP contribution < -0.4 is 4.90 Å². The van der Waals surface area contributed by atoms with Crippen LogP contribution in [0.2, 0.25) is 0 Å². The molecule has 4 nitrogen and oxygen atoms in total. The molecule has 0 bridgehead atoms. The lowest BCUT2D eigenvalue weighted by molar-refractivity contribution is 0.0527. The van der Waals surface area contributed by atoms with Crippen LogP contribution in [0.1, 0.15) is 31.1 Å². The van der Waals surface area contributed by atoms with Gasteiger partial charge in [0.15, 0.2) is 0 Å². The number of aromatic nitrogens is 1. The predicted molar refractivity (Wildman–Crippen MR) is 81.2 cm³/mol. The van der Waals surface area contributed by atoms with Crippen molar-refractivity contribution < 1.29 is 13.9 Å². The van der Waals surface area contributed by atoms with Crippen LogP contribution in [-0.2, 0) is 4.74 Å². The number of benzene rings is 1. The van der Waals surface area contributed by atoms with Crippen LogP contribution in [0.25, 0.3) is 10.9 Å². The average Bonchev–Trinajstić information content (AvgIpc) is 2.49. The summed E-state index contributed by atoms with van der Waals surface area (Å²) in [4.78, 5) is 18.3. The highest BCUT2D eigenvalue weighted by molar-refractivity contribution is 6.05. The number of ether oxygens (including phenoxy) is 1. The second kappa shape index (κ2) is 6.52. The fourth-order valence-electron chi connectivity index (χ4n) is 2.41. The fourth-order valence-corrected chi connectivity index (χ4v) is 2.41. The number of anilines is 1. The second-order valence-corrected chi connectivity index (χ2v) is 4.55. The number of carbonyl (C=O) groups is 1. The van der Waals surface area contributed by atoms with E-state index in [9.17, 15) is 9.18 Å². The van der Waals surface area contributed by atoms with E-state index in [1.165, 1.54) is 12.3 Å².